The third-order valence-electron chi connectivity index (χ3n) is 5.04. The van der Waals surface area contributed by atoms with Crippen molar-refractivity contribution in [2.75, 3.05) is 43.4 Å². The molecule has 1 aliphatic heterocycles. The molecule has 7 heteroatoms. The third kappa shape index (κ3) is 4.25. The molecule has 0 radical (unpaired) electrons. The fourth-order valence-corrected chi connectivity index (χ4v) is 3.46. The lowest BCUT2D eigenvalue weighted by molar-refractivity contribution is 0.311. The van der Waals surface area contributed by atoms with Gasteiger partial charge in [0.15, 0.2) is 0 Å². The van der Waals surface area contributed by atoms with E-state index in [2.05, 4.69) is 47.1 Å². The number of nitrogens with zero attached hydrogens (tertiary/aromatic N) is 5. The minimum absolute atomic E-state index is 0.551. The first-order valence-corrected chi connectivity index (χ1v) is 9.95. The second-order valence-electron chi connectivity index (χ2n) is 7.89. The number of rotatable bonds is 6. The summed E-state index contributed by atoms with van der Waals surface area (Å²) in [6, 6.07) is 5.98. The number of fused-ring (bicyclic) bond motifs is 1. The largest absolute Gasteiger partial charge is 0.467 e. The van der Waals surface area contributed by atoms with Gasteiger partial charge in [0.25, 0.3) is 0 Å². The zero-order valence-corrected chi connectivity index (χ0v) is 16.9. The van der Waals surface area contributed by atoms with Crippen LogP contribution >= 0.6 is 0 Å². The second-order valence-corrected chi connectivity index (χ2v) is 7.89. The van der Waals surface area contributed by atoms with Gasteiger partial charge in [0.05, 0.1) is 24.5 Å². The van der Waals surface area contributed by atoms with Gasteiger partial charge in [0.2, 0.25) is 5.95 Å². The Morgan fingerprint density at radius 1 is 1.18 bits per heavy atom. The summed E-state index contributed by atoms with van der Waals surface area (Å²) >= 11 is 0. The molecule has 1 N–H and O–H groups in total. The summed E-state index contributed by atoms with van der Waals surface area (Å²) in [5.41, 5.74) is 1.94. The predicted molar refractivity (Wildman–Crippen MR) is 112 cm³/mol. The Balaban J connectivity index is 1.69. The first kappa shape index (κ1) is 18.7. The average Bonchev–Trinajstić information content (AvgIpc) is 3.20. The normalized spacial score (nSPS) is 15.5. The number of likely N-dealkylation sites (N-methyl/N-ethyl adjacent to an activating group) is 1. The molecule has 0 amide bonds. The van der Waals surface area contributed by atoms with Crippen LogP contribution in [0.3, 0.4) is 0 Å². The number of hydrogen-bond acceptors (Lipinski definition) is 7. The molecule has 4 rings (SSSR count). The Hall–Kier alpha value is -2.67. The lowest BCUT2D eigenvalue weighted by atomic mass is 10.1. The van der Waals surface area contributed by atoms with Crippen molar-refractivity contribution in [2.24, 2.45) is 5.92 Å². The summed E-state index contributed by atoms with van der Waals surface area (Å²) in [5, 5.41) is 4.46. The number of piperazine rings is 1. The van der Waals surface area contributed by atoms with Crippen LogP contribution in [0.4, 0.5) is 11.8 Å². The minimum atomic E-state index is 0.551. The molecule has 148 valence electrons. The SMILES string of the molecule is CC(C)Cc1cc2c(NCc3ccco3)nc(N3CCN(C)CC3)nc2cn1. The molecule has 3 aromatic heterocycles. The lowest BCUT2D eigenvalue weighted by Crippen LogP contribution is -2.45. The van der Waals surface area contributed by atoms with Crippen LogP contribution < -0.4 is 10.2 Å². The number of furan rings is 1. The summed E-state index contributed by atoms with van der Waals surface area (Å²) in [6.07, 6.45) is 4.51. The molecule has 1 fully saturated rings. The maximum atomic E-state index is 5.47. The van der Waals surface area contributed by atoms with Crippen molar-refractivity contribution >= 4 is 22.7 Å². The van der Waals surface area contributed by atoms with Crippen molar-refractivity contribution in [3.05, 3.63) is 42.1 Å². The molecule has 0 unspecified atom stereocenters. The van der Waals surface area contributed by atoms with E-state index in [0.717, 1.165) is 66.7 Å². The van der Waals surface area contributed by atoms with Crippen LogP contribution in [0.25, 0.3) is 10.9 Å². The Labute approximate surface area is 165 Å². The molecule has 1 aliphatic rings. The van der Waals surface area contributed by atoms with Crippen LogP contribution in [0.5, 0.6) is 0 Å². The van der Waals surface area contributed by atoms with Crippen molar-refractivity contribution in [3.63, 3.8) is 0 Å². The summed E-state index contributed by atoms with van der Waals surface area (Å²) in [5.74, 6) is 3.03. The first-order valence-electron chi connectivity index (χ1n) is 9.95. The summed E-state index contributed by atoms with van der Waals surface area (Å²) < 4.78 is 5.47. The number of anilines is 2. The van der Waals surface area contributed by atoms with Gasteiger partial charge in [0.1, 0.15) is 11.6 Å². The quantitative estimate of drug-likeness (QED) is 0.704. The van der Waals surface area contributed by atoms with E-state index in [0.29, 0.717) is 12.5 Å². The molecule has 7 nitrogen and oxygen atoms in total. The van der Waals surface area contributed by atoms with Gasteiger partial charge in [-0.2, -0.15) is 4.98 Å². The van der Waals surface area contributed by atoms with Gasteiger partial charge in [-0.15, -0.1) is 0 Å². The van der Waals surface area contributed by atoms with Crippen molar-refractivity contribution in [3.8, 4) is 0 Å². The molecule has 4 heterocycles. The second kappa shape index (κ2) is 8.14. The van der Waals surface area contributed by atoms with Gasteiger partial charge in [-0.25, -0.2) is 4.98 Å². The van der Waals surface area contributed by atoms with Crippen LogP contribution in [-0.2, 0) is 13.0 Å². The summed E-state index contributed by atoms with van der Waals surface area (Å²) in [7, 11) is 2.15. The van der Waals surface area contributed by atoms with Crippen LogP contribution in [0.2, 0.25) is 0 Å². The summed E-state index contributed by atoms with van der Waals surface area (Å²) in [4.78, 5) is 18.9. The molecular weight excluding hydrogens is 352 g/mol. The Morgan fingerprint density at radius 3 is 2.71 bits per heavy atom. The van der Waals surface area contributed by atoms with Crippen LogP contribution in [0.1, 0.15) is 25.3 Å². The van der Waals surface area contributed by atoms with E-state index in [1.54, 1.807) is 6.26 Å². The van der Waals surface area contributed by atoms with Crippen molar-refractivity contribution in [1.82, 2.24) is 19.9 Å². The zero-order valence-electron chi connectivity index (χ0n) is 16.9. The standard InChI is InChI=1S/C21H28N6O/c1-15(2)11-16-12-18-19(14-22-16)24-21(27-8-6-26(3)7-9-27)25-20(18)23-13-17-5-4-10-28-17/h4-5,10,12,14-15H,6-9,11,13H2,1-3H3,(H,23,24,25). The number of nitrogens with one attached hydrogen (secondary N) is 1. The topological polar surface area (TPSA) is 70.3 Å². The van der Waals surface area contributed by atoms with E-state index in [1.807, 2.05) is 18.3 Å². The van der Waals surface area contributed by atoms with E-state index >= 15 is 0 Å². The predicted octanol–water partition coefficient (Wildman–Crippen LogP) is 3.18. The number of aromatic nitrogens is 3. The van der Waals surface area contributed by atoms with Crippen molar-refractivity contribution < 1.29 is 4.42 Å². The highest BCUT2D eigenvalue weighted by atomic mass is 16.3. The Bertz CT molecular complexity index is 916. The number of hydrogen-bond donors (Lipinski definition) is 1. The summed E-state index contributed by atoms with van der Waals surface area (Å²) in [6.45, 7) is 8.88. The number of pyridine rings is 1. The Kier molecular flexibility index (Phi) is 5.43. The lowest BCUT2D eigenvalue weighted by Gasteiger charge is -2.32. The molecule has 0 atom stereocenters. The highest BCUT2D eigenvalue weighted by molar-refractivity contribution is 5.89. The molecule has 0 aromatic carbocycles. The van der Waals surface area contributed by atoms with E-state index < -0.39 is 0 Å². The fourth-order valence-electron chi connectivity index (χ4n) is 3.46. The van der Waals surface area contributed by atoms with Crippen LogP contribution in [0, 0.1) is 5.92 Å². The maximum absolute atomic E-state index is 5.47. The molecular formula is C21H28N6O. The molecule has 28 heavy (non-hydrogen) atoms. The van der Waals surface area contributed by atoms with E-state index in [-0.39, 0.29) is 0 Å². The molecule has 0 bridgehead atoms. The van der Waals surface area contributed by atoms with Crippen LogP contribution in [0.15, 0.2) is 35.1 Å². The van der Waals surface area contributed by atoms with Gasteiger partial charge in [-0.05, 0) is 37.6 Å². The van der Waals surface area contributed by atoms with E-state index in [1.165, 1.54) is 0 Å². The van der Waals surface area contributed by atoms with Gasteiger partial charge in [-0.3, -0.25) is 4.98 Å². The van der Waals surface area contributed by atoms with Gasteiger partial charge < -0.3 is 19.5 Å². The fraction of sp³-hybridized carbons (Fsp3) is 0.476. The maximum Gasteiger partial charge on any atom is 0.228 e. The smallest absolute Gasteiger partial charge is 0.228 e. The van der Waals surface area contributed by atoms with E-state index in [4.69, 9.17) is 14.4 Å². The van der Waals surface area contributed by atoms with Gasteiger partial charge >= 0.3 is 0 Å². The highest BCUT2D eigenvalue weighted by Crippen LogP contribution is 2.25. The molecule has 0 saturated carbocycles. The van der Waals surface area contributed by atoms with Crippen molar-refractivity contribution in [2.45, 2.75) is 26.8 Å². The van der Waals surface area contributed by atoms with Crippen molar-refractivity contribution in [1.29, 1.82) is 0 Å². The van der Waals surface area contributed by atoms with E-state index in [9.17, 15) is 0 Å². The molecule has 0 aliphatic carbocycles. The average molecular weight is 380 g/mol. The van der Waals surface area contributed by atoms with Gasteiger partial charge in [-0.1, -0.05) is 13.8 Å². The minimum Gasteiger partial charge on any atom is -0.467 e. The van der Waals surface area contributed by atoms with Gasteiger partial charge in [0, 0.05) is 37.3 Å². The Morgan fingerprint density at radius 2 is 2.00 bits per heavy atom. The monoisotopic (exact) mass is 380 g/mol. The van der Waals surface area contributed by atoms with Crippen LogP contribution in [-0.4, -0.2) is 53.1 Å². The molecule has 1 saturated heterocycles. The highest BCUT2D eigenvalue weighted by Gasteiger charge is 2.19. The first-order chi connectivity index (χ1) is 13.6. The third-order valence-corrected chi connectivity index (χ3v) is 5.04. The molecule has 3 aromatic rings. The zero-order chi connectivity index (χ0) is 19.5. The molecule has 0 spiro atoms.